The summed E-state index contributed by atoms with van der Waals surface area (Å²) in [6.07, 6.45) is 0. The lowest BCUT2D eigenvalue weighted by Gasteiger charge is -2.12. The first kappa shape index (κ1) is 25.0. The van der Waals surface area contributed by atoms with Crippen LogP contribution in [-0.4, -0.2) is 59.6 Å². The van der Waals surface area contributed by atoms with E-state index in [1.165, 1.54) is 12.1 Å². The Morgan fingerprint density at radius 3 is 2.42 bits per heavy atom. The average Bonchev–Trinajstić information content (AvgIpc) is 2.88. The maximum Gasteiger partial charge on any atom is 0.251 e. The molecule has 0 bridgehead atoms. The predicted octanol–water partition coefficient (Wildman–Crippen LogP) is 4.13. The zero-order chi connectivity index (χ0) is 25.5. The molecule has 2 aromatic heterocycles. The quantitative estimate of drug-likeness (QED) is 0.347. The Hall–Kier alpha value is -4.11. The summed E-state index contributed by atoms with van der Waals surface area (Å²) in [5, 5.41) is 6.07. The number of anilines is 1. The Morgan fingerprint density at radius 1 is 0.972 bits per heavy atom. The van der Waals surface area contributed by atoms with Gasteiger partial charge in [0.1, 0.15) is 5.82 Å². The minimum Gasteiger partial charge on any atom is -0.476 e. The van der Waals surface area contributed by atoms with Gasteiger partial charge in [0, 0.05) is 30.8 Å². The molecule has 0 saturated heterocycles. The highest BCUT2D eigenvalue weighted by Gasteiger charge is 2.13. The maximum absolute atomic E-state index is 13.2. The Morgan fingerprint density at radius 2 is 1.72 bits per heavy atom. The van der Waals surface area contributed by atoms with Crippen molar-refractivity contribution in [3.8, 4) is 17.1 Å². The molecule has 9 heteroatoms. The molecule has 8 nitrogen and oxygen atoms in total. The number of carbonyl (C=O) groups excluding carboxylic acids is 1. The third-order valence-electron chi connectivity index (χ3n) is 5.44. The molecule has 0 radical (unpaired) electrons. The maximum atomic E-state index is 13.2. The highest BCUT2D eigenvalue weighted by Crippen LogP contribution is 2.27. The monoisotopic (exact) mass is 488 g/mol. The molecule has 0 atom stereocenters. The first-order valence-electron chi connectivity index (χ1n) is 11.8. The lowest BCUT2D eigenvalue weighted by Crippen LogP contribution is -2.31. The summed E-state index contributed by atoms with van der Waals surface area (Å²) in [6, 6.07) is 17.3. The van der Waals surface area contributed by atoms with Crippen molar-refractivity contribution in [2.45, 2.75) is 13.5 Å². The fourth-order valence-electron chi connectivity index (χ4n) is 3.54. The third kappa shape index (κ3) is 6.31. The van der Waals surface area contributed by atoms with Gasteiger partial charge in [0.25, 0.3) is 5.91 Å². The molecule has 0 spiro atoms. The summed E-state index contributed by atoms with van der Waals surface area (Å²) >= 11 is 0. The molecule has 0 aliphatic rings. The van der Waals surface area contributed by atoms with Crippen molar-refractivity contribution in [2.75, 3.05) is 39.1 Å². The fourth-order valence-corrected chi connectivity index (χ4v) is 3.54. The van der Waals surface area contributed by atoms with E-state index in [0.29, 0.717) is 48.1 Å². The molecule has 0 aliphatic carbocycles. The number of benzene rings is 2. The van der Waals surface area contributed by atoms with E-state index >= 15 is 0 Å². The fraction of sp³-hybridized carbons (Fsp3) is 0.259. The highest BCUT2D eigenvalue weighted by atomic mass is 19.1. The van der Waals surface area contributed by atoms with Gasteiger partial charge in [-0.25, -0.2) is 14.4 Å². The molecule has 1 amide bonds. The molecule has 0 aliphatic heterocycles. The van der Waals surface area contributed by atoms with Crippen LogP contribution in [0.25, 0.3) is 22.3 Å². The number of pyridine rings is 1. The van der Waals surface area contributed by atoms with Crippen molar-refractivity contribution >= 4 is 22.9 Å². The normalized spacial score (nSPS) is 11.0. The van der Waals surface area contributed by atoms with Crippen LogP contribution in [0, 0.1) is 5.82 Å². The number of nitrogens with one attached hydrogen (secondary N) is 2. The molecular formula is C27H29FN6O2. The van der Waals surface area contributed by atoms with Crippen LogP contribution in [0.2, 0.25) is 0 Å². The number of hydrogen-bond acceptors (Lipinski definition) is 7. The standard InChI is InChI=1S/C27H29FN6O2/c1-4-36-26-24-23(32-27(33-26)30-17-18-5-11-21(28)12-6-18)14-13-22(31-24)19-7-9-20(10-8-19)25(35)29-15-16-34(2)3/h5-14H,4,15-17H2,1-3H3,(H,29,35)(H,30,32,33). The highest BCUT2D eigenvalue weighted by molar-refractivity contribution is 5.94. The second-order valence-electron chi connectivity index (χ2n) is 8.47. The Kier molecular flexibility index (Phi) is 8.02. The van der Waals surface area contributed by atoms with Gasteiger partial charge >= 0.3 is 0 Å². The molecule has 4 aromatic rings. The smallest absolute Gasteiger partial charge is 0.251 e. The number of halogens is 1. The van der Waals surface area contributed by atoms with E-state index in [9.17, 15) is 9.18 Å². The minimum absolute atomic E-state index is 0.109. The van der Waals surface area contributed by atoms with Crippen LogP contribution in [0.3, 0.4) is 0 Å². The number of likely N-dealkylation sites (N-methyl/N-ethyl adjacent to an activating group) is 1. The Labute approximate surface area is 209 Å². The molecule has 4 rings (SSSR count). The van der Waals surface area contributed by atoms with Crippen LogP contribution >= 0.6 is 0 Å². The van der Waals surface area contributed by atoms with Crippen molar-refractivity contribution in [3.63, 3.8) is 0 Å². The summed E-state index contributed by atoms with van der Waals surface area (Å²) < 4.78 is 18.9. The van der Waals surface area contributed by atoms with Gasteiger partial charge in [-0.2, -0.15) is 4.98 Å². The molecule has 2 aromatic carbocycles. The zero-order valence-electron chi connectivity index (χ0n) is 20.6. The van der Waals surface area contributed by atoms with Gasteiger partial charge in [0.15, 0.2) is 5.52 Å². The van der Waals surface area contributed by atoms with Crippen LogP contribution in [0.5, 0.6) is 5.88 Å². The Balaban J connectivity index is 1.53. The zero-order valence-corrected chi connectivity index (χ0v) is 20.6. The summed E-state index contributed by atoms with van der Waals surface area (Å²) in [5.74, 6) is 0.388. The van der Waals surface area contributed by atoms with Crippen LogP contribution < -0.4 is 15.4 Å². The van der Waals surface area contributed by atoms with Crippen molar-refractivity contribution in [1.82, 2.24) is 25.2 Å². The van der Waals surface area contributed by atoms with Gasteiger partial charge in [0.05, 0.1) is 17.8 Å². The van der Waals surface area contributed by atoms with Crippen molar-refractivity contribution < 1.29 is 13.9 Å². The summed E-state index contributed by atoms with van der Waals surface area (Å²) in [6.45, 7) is 4.11. The van der Waals surface area contributed by atoms with Gasteiger partial charge in [-0.05, 0) is 63.0 Å². The average molecular weight is 489 g/mol. The molecule has 186 valence electrons. The lowest BCUT2D eigenvalue weighted by molar-refractivity contribution is 0.0951. The number of nitrogens with zero attached hydrogens (tertiary/aromatic N) is 4. The van der Waals surface area contributed by atoms with E-state index in [1.54, 1.807) is 24.3 Å². The molecule has 0 fully saturated rings. The number of fused-ring (bicyclic) bond motifs is 1. The number of carbonyl (C=O) groups is 1. The van der Waals surface area contributed by atoms with Crippen molar-refractivity contribution in [1.29, 1.82) is 0 Å². The molecular weight excluding hydrogens is 459 g/mol. The summed E-state index contributed by atoms with van der Waals surface area (Å²) in [5.41, 5.74) is 4.26. The van der Waals surface area contributed by atoms with E-state index in [2.05, 4.69) is 20.6 Å². The second-order valence-corrected chi connectivity index (χ2v) is 8.47. The summed E-state index contributed by atoms with van der Waals surface area (Å²) in [7, 11) is 3.93. The van der Waals surface area contributed by atoms with E-state index < -0.39 is 0 Å². The second kappa shape index (κ2) is 11.5. The third-order valence-corrected chi connectivity index (χ3v) is 5.44. The first-order valence-corrected chi connectivity index (χ1v) is 11.8. The van der Waals surface area contributed by atoms with Gasteiger partial charge in [-0.1, -0.05) is 24.3 Å². The van der Waals surface area contributed by atoms with E-state index in [0.717, 1.165) is 23.4 Å². The number of hydrogen-bond donors (Lipinski definition) is 2. The number of rotatable bonds is 10. The van der Waals surface area contributed by atoms with Gasteiger partial charge in [-0.3, -0.25) is 4.79 Å². The van der Waals surface area contributed by atoms with Crippen LogP contribution in [0.15, 0.2) is 60.7 Å². The predicted molar refractivity (Wildman–Crippen MR) is 139 cm³/mol. The van der Waals surface area contributed by atoms with Gasteiger partial charge in [0.2, 0.25) is 11.8 Å². The van der Waals surface area contributed by atoms with Crippen molar-refractivity contribution in [2.24, 2.45) is 0 Å². The topological polar surface area (TPSA) is 92.3 Å². The molecule has 36 heavy (non-hydrogen) atoms. The first-order chi connectivity index (χ1) is 17.4. The number of amides is 1. The minimum atomic E-state index is -0.279. The van der Waals surface area contributed by atoms with E-state index in [1.807, 2.05) is 50.2 Å². The van der Waals surface area contributed by atoms with Crippen LogP contribution in [0.4, 0.5) is 10.3 Å². The summed E-state index contributed by atoms with van der Waals surface area (Å²) in [4.78, 5) is 28.2. The molecule has 2 heterocycles. The number of aromatic nitrogens is 3. The van der Waals surface area contributed by atoms with Crippen LogP contribution in [0.1, 0.15) is 22.8 Å². The van der Waals surface area contributed by atoms with Crippen molar-refractivity contribution in [3.05, 3.63) is 77.6 Å². The van der Waals surface area contributed by atoms with Gasteiger partial charge in [-0.15, -0.1) is 0 Å². The van der Waals surface area contributed by atoms with Crippen LogP contribution in [-0.2, 0) is 6.54 Å². The SMILES string of the molecule is CCOc1nc(NCc2ccc(F)cc2)nc2ccc(-c3ccc(C(=O)NCCN(C)C)cc3)nc12. The van der Waals surface area contributed by atoms with E-state index in [4.69, 9.17) is 9.72 Å². The Bertz CT molecular complexity index is 1330. The van der Waals surface area contributed by atoms with E-state index in [-0.39, 0.29) is 11.7 Å². The molecule has 2 N–H and O–H groups in total. The largest absolute Gasteiger partial charge is 0.476 e. The van der Waals surface area contributed by atoms with Gasteiger partial charge < -0.3 is 20.3 Å². The number of ether oxygens (including phenoxy) is 1. The molecule has 0 unspecified atom stereocenters. The molecule has 0 saturated carbocycles. The lowest BCUT2D eigenvalue weighted by atomic mass is 10.1.